The highest BCUT2D eigenvalue weighted by molar-refractivity contribution is 7.98. The number of halogens is 1. The van der Waals surface area contributed by atoms with Gasteiger partial charge in [0.05, 0.1) is 12.2 Å². The van der Waals surface area contributed by atoms with Crippen LogP contribution in [0.3, 0.4) is 0 Å². The smallest absolute Gasteiger partial charge is 0.233 e. The van der Waals surface area contributed by atoms with Gasteiger partial charge >= 0.3 is 0 Å². The number of hydrogen-bond donors (Lipinski definition) is 1. The highest BCUT2D eigenvalue weighted by atomic mass is 32.2. The molecule has 3 aromatic rings. The van der Waals surface area contributed by atoms with Crippen molar-refractivity contribution in [3.63, 3.8) is 0 Å². The molecule has 0 bridgehead atoms. The summed E-state index contributed by atoms with van der Waals surface area (Å²) in [5.41, 5.74) is 2.29. The van der Waals surface area contributed by atoms with Crippen LogP contribution >= 0.6 is 11.8 Å². The van der Waals surface area contributed by atoms with Gasteiger partial charge in [-0.25, -0.2) is 22.8 Å². The SMILES string of the molecule is CSCC[C@@H]1COC(c2ccc(-c3cc(Oc4ccc(S(C)(=O)=O)nc4)cc(O[C@@H](C)CF)c3)[nH]2)=N1. The minimum absolute atomic E-state index is 0.0453. The number of benzene rings is 1. The van der Waals surface area contributed by atoms with Gasteiger partial charge in [0, 0.05) is 23.6 Å². The Morgan fingerprint density at radius 2 is 1.94 bits per heavy atom. The fourth-order valence-electron chi connectivity index (χ4n) is 3.55. The number of nitrogens with one attached hydrogen (secondary N) is 1. The number of pyridine rings is 1. The maximum atomic E-state index is 13.1. The maximum absolute atomic E-state index is 13.1. The van der Waals surface area contributed by atoms with Crippen LogP contribution in [0.2, 0.25) is 0 Å². The summed E-state index contributed by atoms with van der Waals surface area (Å²) in [6.07, 6.45) is 4.83. The number of ether oxygens (including phenoxy) is 3. The molecule has 0 amide bonds. The van der Waals surface area contributed by atoms with Crippen molar-refractivity contribution in [2.24, 2.45) is 4.99 Å². The van der Waals surface area contributed by atoms with E-state index in [0.717, 1.165) is 35.4 Å². The number of rotatable bonds is 11. The predicted molar refractivity (Wildman–Crippen MR) is 139 cm³/mol. The minimum Gasteiger partial charge on any atom is -0.488 e. The molecule has 0 fully saturated rings. The summed E-state index contributed by atoms with van der Waals surface area (Å²) in [5.74, 6) is 2.81. The zero-order valence-corrected chi connectivity index (χ0v) is 21.9. The van der Waals surface area contributed by atoms with E-state index in [1.165, 1.54) is 18.3 Å². The van der Waals surface area contributed by atoms with Gasteiger partial charge in [-0.05, 0) is 61.8 Å². The number of thioether (sulfide) groups is 1. The van der Waals surface area contributed by atoms with Crippen molar-refractivity contribution in [1.29, 1.82) is 0 Å². The number of hydrogen-bond acceptors (Lipinski definition) is 8. The number of alkyl halides is 1. The lowest BCUT2D eigenvalue weighted by Gasteiger charge is -2.14. The molecule has 36 heavy (non-hydrogen) atoms. The Kier molecular flexibility index (Phi) is 8.20. The molecule has 11 heteroatoms. The van der Waals surface area contributed by atoms with Gasteiger partial charge in [-0.2, -0.15) is 11.8 Å². The van der Waals surface area contributed by atoms with Crippen LogP contribution in [0.5, 0.6) is 17.2 Å². The number of sulfone groups is 1. The molecule has 8 nitrogen and oxygen atoms in total. The van der Waals surface area contributed by atoms with E-state index in [2.05, 4.69) is 21.2 Å². The van der Waals surface area contributed by atoms with Gasteiger partial charge in [0.25, 0.3) is 0 Å². The summed E-state index contributed by atoms with van der Waals surface area (Å²) >= 11 is 1.79. The number of nitrogens with zero attached hydrogens (tertiary/aromatic N) is 2. The number of aromatic nitrogens is 2. The Labute approximate surface area is 214 Å². The van der Waals surface area contributed by atoms with Crippen molar-refractivity contribution in [2.75, 3.05) is 31.5 Å². The van der Waals surface area contributed by atoms with Crippen molar-refractivity contribution in [2.45, 2.75) is 30.5 Å². The molecule has 3 heterocycles. The standard InChI is InChI=1S/C25H28FN3O5S2/c1-16(13-26)33-20-10-17(11-21(12-20)34-19-4-7-24(27-14-19)36(3,30)31)22-5-6-23(29-22)25-28-18(15-32-25)8-9-35-2/h4-7,10-12,14,16,18,29H,8-9,13,15H2,1-3H3/t16-,18+/m0/s1. The molecule has 192 valence electrons. The summed E-state index contributed by atoms with van der Waals surface area (Å²) in [7, 11) is -3.42. The van der Waals surface area contributed by atoms with E-state index in [0.29, 0.717) is 29.8 Å². The zero-order valence-electron chi connectivity index (χ0n) is 20.2. The number of aliphatic imine (C=N–C) groups is 1. The van der Waals surface area contributed by atoms with Crippen LogP contribution < -0.4 is 9.47 Å². The molecule has 4 rings (SSSR count). The van der Waals surface area contributed by atoms with E-state index in [1.54, 1.807) is 36.9 Å². The van der Waals surface area contributed by atoms with Gasteiger partial charge in [0.1, 0.15) is 42.3 Å². The van der Waals surface area contributed by atoms with Crippen molar-refractivity contribution in [3.05, 3.63) is 54.4 Å². The third-order valence-corrected chi connectivity index (χ3v) is 7.00. The first kappa shape index (κ1) is 26.0. The molecule has 1 aliphatic rings. The monoisotopic (exact) mass is 533 g/mol. The second-order valence-corrected chi connectivity index (χ2v) is 11.4. The van der Waals surface area contributed by atoms with Gasteiger partial charge < -0.3 is 19.2 Å². The lowest BCUT2D eigenvalue weighted by Crippen LogP contribution is -2.13. The first-order chi connectivity index (χ1) is 17.2. The molecule has 0 saturated carbocycles. The molecule has 1 N–H and O–H groups in total. The molecule has 1 aliphatic heterocycles. The van der Waals surface area contributed by atoms with E-state index in [1.807, 2.05) is 12.1 Å². The first-order valence-electron chi connectivity index (χ1n) is 11.4. The van der Waals surface area contributed by atoms with Crippen LogP contribution in [0.15, 0.2) is 58.7 Å². The fourth-order valence-corrected chi connectivity index (χ4v) is 4.62. The predicted octanol–water partition coefficient (Wildman–Crippen LogP) is 4.91. The summed E-state index contributed by atoms with van der Waals surface area (Å²) in [5, 5.41) is -0.0453. The summed E-state index contributed by atoms with van der Waals surface area (Å²) in [6, 6.07) is 12.1. The van der Waals surface area contributed by atoms with E-state index in [9.17, 15) is 12.8 Å². The van der Waals surface area contributed by atoms with E-state index >= 15 is 0 Å². The van der Waals surface area contributed by atoms with Crippen molar-refractivity contribution in [1.82, 2.24) is 9.97 Å². The Hall–Kier alpha value is -3.05. The van der Waals surface area contributed by atoms with Crippen molar-refractivity contribution >= 4 is 27.5 Å². The Balaban J connectivity index is 1.60. The number of H-pyrrole nitrogens is 1. The fraction of sp³-hybridized carbons (Fsp3) is 0.360. The summed E-state index contributed by atoms with van der Waals surface area (Å²) < 4.78 is 53.9. The minimum atomic E-state index is -3.42. The lowest BCUT2D eigenvalue weighted by molar-refractivity contribution is 0.182. The van der Waals surface area contributed by atoms with E-state index in [-0.39, 0.29) is 11.1 Å². The highest BCUT2D eigenvalue weighted by Gasteiger charge is 2.21. The topological polar surface area (TPSA) is 103 Å². The lowest BCUT2D eigenvalue weighted by atomic mass is 10.1. The van der Waals surface area contributed by atoms with Crippen molar-refractivity contribution < 1.29 is 27.0 Å². The Morgan fingerprint density at radius 1 is 1.17 bits per heavy atom. The maximum Gasteiger partial charge on any atom is 0.233 e. The highest BCUT2D eigenvalue weighted by Crippen LogP contribution is 2.33. The molecule has 2 atom stereocenters. The van der Waals surface area contributed by atoms with Gasteiger partial charge in [-0.1, -0.05) is 0 Å². The van der Waals surface area contributed by atoms with E-state index in [4.69, 9.17) is 14.2 Å². The second kappa shape index (κ2) is 11.3. The molecular weight excluding hydrogens is 505 g/mol. The molecule has 0 aliphatic carbocycles. The van der Waals surface area contributed by atoms with Crippen LogP contribution in [-0.2, 0) is 14.6 Å². The molecule has 0 radical (unpaired) electrons. The Bertz CT molecular complexity index is 1330. The van der Waals surface area contributed by atoms with Crippen LogP contribution in [0.25, 0.3) is 11.3 Å². The second-order valence-electron chi connectivity index (χ2n) is 8.45. The molecule has 0 saturated heterocycles. The number of aromatic amines is 1. The quantitative estimate of drug-likeness (QED) is 0.374. The Morgan fingerprint density at radius 3 is 2.64 bits per heavy atom. The van der Waals surface area contributed by atoms with Gasteiger partial charge in [0.2, 0.25) is 5.90 Å². The van der Waals surface area contributed by atoms with Crippen LogP contribution in [0.1, 0.15) is 19.0 Å². The molecule has 1 aromatic carbocycles. The average molecular weight is 534 g/mol. The van der Waals surface area contributed by atoms with Crippen molar-refractivity contribution in [3.8, 4) is 28.5 Å². The van der Waals surface area contributed by atoms with Crippen LogP contribution in [0, 0.1) is 0 Å². The largest absolute Gasteiger partial charge is 0.488 e. The van der Waals surface area contributed by atoms with Crippen LogP contribution in [-0.4, -0.2) is 68.0 Å². The van der Waals surface area contributed by atoms with E-state index < -0.39 is 22.6 Å². The van der Waals surface area contributed by atoms with Gasteiger partial charge in [-0.3, -0.25) is 0 Å². The van der Waals surface area contributed by atoms with Gasteiger partial charge in [-0.15, -0.1) is 0 Å². The summed E-state index contributed by atoms with van der Waals surface area (Å²) in [6.45, 7) is 1.56. The third-order valence-electron chi connectivity index (χ3n) is 5.35. The zero-order chi connectivity index (χ0) is 25.7. The normalized spacial score (nSPS) is 16.3. The van der Waals surface area contributed by atoms with Crippen LogP contribution in [0.4, 0.5) is 4.39 Å². The van der Waals surface area contributed by atoms with Gasteiger partial charge in [0.15, 0.2) is 14.9 Å². The first-order valence-corrected chi connectivity index (χ1v) is 14.6. The molecule has 0 spiro atoms. The average Bonchev–Trinajstić information content (AvgIpc) is 3.52. The molecule has 0 unspecified atom stereocenters. The molecule has 2 aromatic heterocycles. The summed E-state index contributed by atoms with van der Waals surface area (Å²) in [4.78, 5) is 12.0. The molecular formula is C25H28FN3O5S2. The third kappa shape index (κ3) is 6.58.